The molecule has 0 saturated carbocycles. The van der Waals surface area contributed by atoms with Crippen LogP contribution in [-0.4, -0.2) is 20.7 Å². The molecule has 6 nitrogen and oxygen atoms in total. The molecule has 0 atom stereocenters. The van der Waals surface area contributed by atoms with Crippen LogP contribution in [0.3, 0.4) is 0 Å². The van der Waals surface area contributed by atoms with Gasteiger partial charge in [0.05, 0.1) is 11.4 Å². The number of anilines is 1. The molecule has 162 valence electrons. The Bertz CT molecular complexity index is 1240. The number of ether oxygens (including phenoxy) is 1. The number of amides is 1. The van der Waals surface area contributed by atoms with Gasteiger partial charge in [-0.05, 0) is 66.5 Å². The normalized spacial score (nSPS) is 12.5. The Balaban J connectivity index is 1.16. The van der Waals surface area contributed by atoms with Gasteiger partial charge in [0.2, 0.25) is 5.95 Å². The summed E-state index contributed by atoms with van der Waals surface area (Å²) < 4.78 is 7.66. The second-order valence-corrected chi connectivity index (χ2v) is 9.01. The topological polar surface area (TPSA) is 69.0 Å². The summed E-state index contributed by atoms with van der Waals surface area (Å²) in [7, 11) is 0. The SMILES string of the molecule is Cc1ccc(Cn2cnc(NC(=O)c3cc(COc4ccc5c(c4)CCC5)cs3)n2)cc1. The van der Waals surface area contributed by atoms with Gasteiger partial charge in [-0.3, -0.25) is 10.1 Å². The number of carbonyl (C=O) groups excluding carboxylic acids is 1. The lowest BCUT2D eigenvalue weighted by atomic mass is 10.1. The number of aromatic nitrogens is 3. The smallest absolute Gasteiger partial charge is 0.268 e. The molecule has 1 aliphatic rings. The predicted octanol–water partition coefficient (Wildman–Crippen LogP) is 5.02. The van der Waals surface area contributed by atoms with Crippen LogP contribution < -0.4 is 10.1 Å². The Morgan fingerprint density at radius 2 is 1.94 bits per heavy atom. The fraction of sp³-hybridized carbons (Fsp3) is 0.240. The summed E-state index contributed by atoms with van der Waals surface area (Å²) in [5.41, 5.74) is 6.14. The van der Waals surface area contributed by atoms with E-state index >= 15 is 0 Å². The van der Waals surface area contributed by atoms with Gasteiger partial charge in [0.1, 0.15) is 18.7 Å². The van der Waals surface area contributed by atoms with Gasteiger partial charge in [-0.15, -0.1) is 16.4 Å². The highest BCUT2D eigenvalue weighted by Gasteiger charge is 2.14. The van der Waals surface area contributed by atoms with Gasteiger partial charge in [-0.25, -0.2) is 9.67 Å². The first-order valence-electron chi connectivity index (χ1n) is 10.7. The largest absolute Gasteiger partial charge is 0.489 e. The molecule has 2 aromatic carbocycles. The number of fused-ring (bicyclic) bond motifs is 1. The van der Waals surface area contributed by atoms with Crippen molar-refractivity contribution in [3.8, 4) is 5.75 Å². The maximum atomic E-state index is 12.6. The molecule has 5 rings (SSSR count). The van der Waals surface area contributed by atoms with Crippen molar-refractivity contribution >= 4 is 23.2 Å². The Labute approximate surface area is 190 Å². The van der Waals surface area contributed by atoms with Gasteiger partial charge in [0.25, 0.3) is 5.91 Å². The number of thiophene rings is 1. The van der Waals surface area contributed by atoms with E-state index in [1.165, 1.54) is 34.4 Å². The molecule has 4 aromatic rings. The van der Waals surface area contributed by atoms with Crippen LogP contribution in [0.2, 0.25) is 0 Å². The van der Waals surface area contributed by atoms with Gasteiger partial charge in [0, 0.05) is 5.56 Å². The Hall–Kier alpha value is -3.45. The van der Waals surface area contributed by atoms with Crippen LogP contribution in [0.5, 0.6) is 5.75 Å². The van der Waals surface area contributed by atoms with E-state index in [0.717, 1.165) is 29.7 Å². The first-order chi connectivity index (χ1) is 15.6. The molecule has 0 radical (unpaired) electrons. The number of rotatable bonds is 7. The fourth-order valence-corrected chi connectivity index (χ4v) is 4.64. The van der Waals surface area contributed by atoms with E-state index in [0.29, 0.717) is 24.0 Å². The summed E-state index contributed by atoms with van der Waals surface area (Å²) in [5, 5.41) is 9.08. The molecule has 0 unspecified atom stereocenters. The molecule has 2 heterocycles. The van der Waals surface area contributed by atoms with Crippen LogP contribution in [0.15, 0.2) is 60.2 Å². The number of aryl methyl sites for hydroxylation is 3. The zero-order valence-corrected chi connectivity index (χ0v) is 18.7. The van der Waals surface area contributed by atoms with E-state index in [4.69, 9.17) is 4.74 Å². The van der Waals surface area contributed by atoms with E-state index in [1.807, 2.05) is 17.5 Å². The Morgan fingerprint density at radius 3 is 2.81 bits per heavy atom. The summed E-state index contributed by atoms with van der Waals surface area (Å²) in [6.45, 7) is 3.10. The third kappa shape index (κ3) is 4.73. The number of carbonyl (C=O) groups is 1. The van der Waals surface area contributed by atoms with Crippen LogP contribution >= 0.6 is 11.3 Å². The highest BCUT2D eigenvalue weighted by Crippen LogP contribution is 2.27. The second-order valence-electron chi connectivity index (χ2n) is 8.10. The molecular formula is C25H24N4O2S. The minimum atomic E-state index is -0.216. The average molecular weight is 445 g/mol. The molecular weight excluding hydrogens is 420 g/mol. The highest BCUT2D eigenvalue weighted by atomic mass is 32.1. The quantitative estimate of drug-likeness (QED) is 0.435. The molecule has 0 bridgehead atoms. The lowest BCUT2D eigenvalue weighted by Gasteiger charge is -2.07. The minimum Gasteiger partial charge on any atom is -0.489 e. The third-order valence-electron chi connectivity index (χ3n) is 5.58. The van der Waals surface area contributed by atoms with Crippen LogP contribution in [0.4, 0.5) is 5.95 Å². The molecule has 0 spiro atoms. The summed E-state index contributed by atoms with van der Waals surface area (Å²) in [6, 6.07) is 16.4. The number of nitrogens with zero attached hydrogens (tertiary/aromatic N) is 3. The van der Waals surface area contributed by atoms with Crippen molar-refractivity contribution in [3.63, 3.8) is 0 Å². The first kappa shape index (κ1) is 20.5. The molecule has 1 amide bonds. The predicted molar refractivity (Wildman–Crippen MR) is 125 cm³/mol. The lowest BCUT2D eigenvalue weighted by Crippen LogP contribution is -2.12. The zero-order valence-electron chi connectivity index (χ0n) is 17.9. The van der Waals surface area contributed by atoms with Crippen LogP contribution in [-0.2, 0) is 26.0 Å². The van der Waals surface area contributed by atoms with Crippen molar-refractivity contribution in [1.82, 2.24) is 14.8 Å². The first-order valence-corrected chi connectivity index (χ1v) is 11.6. The molecule has 0 fully saturated rings. The summed E-state index contributed by atoms with van der Waals surface area (Å²) in [6.07, 6.45) is 5.14. The maximum absolute atomic E-state index is 12.6. The monoisotopic (exact) mass is 444 g/mol. The minimum absolute atomic E-state index is 0.216. The third-order valence-corrected chi connectivity index (χ3v) is 6.56. The second kappa shape index (κ2) is 8.96. The zero-order chi connectivity index (χ0) is 21.9. The van der Waals surface area contributed by atoms with E-state index in [9.17, 15) is 4.79 Å². The van der Waals surface area contributed by atoms with Gasteiger partial charge in [0.15, 0.2) is 0 Å². The van der Waals surface area contributed by atoms with Gasteiger partial charge < -0.3 is 4.74 Å². The fourth-order valence-electron chi connectivity index (χ4n) is 3.85. The molecule has 0 aliphatic heterocycles. The molecule has 1 aliphatic carbocycles. The van der Waals surface area contributed by atoms with Crippen molar-refractivity contribution in [2.45, 2.75) is 39.3 Å². The number of nitrogens with one attached hydrogen (secondary N) is 1. The van der Waals surface area contributed by atoms with Crippen molar-refractivity contribution in [2.75, 3.05) is 5.32 Å². The van der Waals surface area contributed by atoms with Crippen molar-refractivity contribution in [1.29, 1.82) is 0 Å². The Kier molecular flexibility index (Phi) is 5.73. The molecule has 1 N–H and O–H groups in total. The standard InChI is InChI=1S/C25H24N4O2S/c1-17-5-7-18(8-6-17)13-29-16-26-25(28-29)27-24(30)23-11-19(15-32-23)14-31-22-10-9-20-3-2-4-21(20)12-22/h5-12,15-16H,2-4,13-14H2,1H3,(H,27,28,30). The summed E-state index contributed by atoms with van der Waals surface area (Å²) >= 11 is 1.39. The van der Waals surface area contributed by atoms with E-state index < -0.39 is 0 Å². The average Bonchev–Trinajstić information content (AvgIpc) is 3.54. The Morgan fingerprint density at radius 1 is 1.09 bits per heavy atom. The molecule has 32 heavy (non-hydrogen) atoms. The molecule has 0 saturated heterocycles. The van der Waals surface area contributed by atoms with E-state index in [1.54, 1.807) is 11.0 Å². The van der Waals surface area contributed by atoms with Crippen molar-refractivity contribution < 1.29 is 9.53 Å². The van der Waals surface area contributed by atoms with Gasteiger partial charge in [-0.2, -0.15) is 0 Å². The van der Waals surface area contributed by atoms with Crippen LogP contribution in [0.25, 0.3) is 0 Å². The maximum Gasteiger partial charge on any atom is 0.268 e. The van der Waals surface area contributed by atoms with Crippen molar-refractivity contribution in [3.05, 3.63) is 92.9 Å². The summed E-state index contributed by atoms with van der Waals surface area (Å²) in [5.74, 6) is 0.962. The van der Waals surface area contributed by atoms with Gasteiger partial charge in [-0.1, -0.05) is 35.9 Å². The highest BCUT2D eigenvalue weighted by molar-refractivity contribution is 7.12. The lowest BCUT2D eigenvalue weighted by molar-refractivity contribution is 0.102. The van der Waals surface area contributed by atoms with Crippen LogP contribution in [0.1, 0.15) is 43.9 Å². The van der Waals surface area contributed by atoms with Gasteiger partial charge >= 0.3 is 0 Å². The number of benzene rings is 2. The van der Waals surface area contributed by atoms with E-state index in [-0.39, 0.29) is 5.91 Å². The summed E-state index contributed by atoms with van der Waals surface area (Å²) in [4.78, 5) is 17.4. The number of hydrogen-bond acceptors (Lipinski definition) is 5. The molecule has 2 aromatic heterocycles. The van der Waals surface area contributed by atoms with Crippen LogP contribution in [0, 0.1) is 6.92 Å². The van der Waals surface area contributed by atoms with E-state index in [2.05, 4.69) is 58.7 Å². The molecule has 7 heteroatoms. The number of hydrogen-bond donors (Lipinski definition) is 1. The van der Waals surface area contributed by atoms with Crippen molar-refractivity contribution in [2.24, 2.45) is 0 Å².